The van der Waals surface area contributed by atoms with Gasteiger partial charge in [0.2, 0.25) is 76.8 Å². The summed E-state index contributed by atoms with van der Waals surface area (Å²) in [5, 5.41) is 70.3. The third kappa shape index (κ3) is 25.1. The third-order valence-corrected chi connectivity index (χ3v) is 18.8. The first-order valence-corrected chi connectivity index (χ1v) is 36.5. The summed E-state index contributed by atoms with van der Waals surface area (Å²) < 4.78 is 0. The molecule has 0 saturated carbocycles. The molecular formula is C72H96N22O17S. The minimum Gasteiger partial charge on any atom is -0.480 e. The molecule has 0 fully saturated rings. The molecule has 0 saturated heterocycles. The van der Waals surface area contributed by atoms with Gasteiger partial charge in [-0.1, -0.05) is 74.9 Å². The molecule has 39 nitrogen and oxygen atoms in total. The standard InChI is InChI=1S/C72H96N22O17S/c1-4-35(2)59(70(109)86-48(18-11-21-79-72(76)77)62(101)91-55(32-96)69(108)90-53(26-58(75)98)66(105)85-49(19-20-57(74)97)63(102)93-56(33-112)71(110)111)94-67(106)52(24-39-29-82-47-17-10-7-14-43(39)47)89-64(103)50(22-37-27-80-45-15-8-5-12-41(37)45)87-60(99)36(3)84-68(107)54(31-95)92-65(104)51(23-38-28-81-46-16-9-6-13-42(38)46)88-61(100)44(73)25-40-30-78-34-83-40/h5-10,12-17,27-30,34-36,44,48-56,59,80-82,95-96,112H,4,11,18-26,31-33,73H2,1-3H3,(H2,74,97)(H2,75,98)(H,78,83)(H,84,107)(H,85,105)(H,86,109)(H,87,99)(H,88,100)(H,89,103)(H,90,108)(H,91,101)(H,92,104)(H,93,102)(H,94,106)(H,110,111)(H4,76,77,79)/t35-,36-,44-,48-,49-,50-,51-,52-,53-,54-,55-,56-,59-/m0/s1. The lowest BCUT2D eigenvalue weighted by molar-refractivity contribution is -0.142. The topological polar surface area (TPSA) is 648 Å². The zero-order valence-corrected chi connectivity index (χ0v) is 62.4. The molecule has 13 atom stereocenters. The number of nitrogens with zero attached hydrogens (tertiary/aromatic N) is 1. The highest BCUT2D eigenvalue weighted by Crippen LogP contribution is 2.24. The monoisotopic (exact) mass is 1570 g/mol. The average molecular weight is 1570 g/mol. The number of carboxylic acid groups (broad SMARTS) is 1. The summed E-state index contributed by atoms with van der Waals surface area (Å²) in [6, 6.07) is 2.07. The Hall–Kier alpha value is -12.4. The molecule has 0 spiro atoms. The lowest BCUT2D eigenvalue weighted by atomic mass is 9.96. The van der Waals surface area contributed by atoms with E-state index in [0.29, 0.717) is 44.2 Å². The predicted molar refractivity (Wildman–Crippen MR) is 410 cm³/mol. The van der Waals surface area contributed by atoms with Crippen molar-refractivity contribution in [3.63, 3.8) is 0 Å². The minimum absolute atomic E-state index is 0.00360. The van der Waals surface area contributed by atoms with Crippen LogP contribution in [-0.4, -0.2) is 227 Å². The number of aliphatic hydroxyl groups excluding tert-OH is 2. The van der Waals surface area contributed by atoms with Crippen molar-refractivity contribution in [1.82, 2.24) is 88.7 Å². The van der Waals surface area contributed by atoms with Crippen molar-refractivity contribution in [3.05, 3.63) is 126 Å². The molecule has 4 heterocycles. The van der Waals surface area contributed by atoms with E-state index >= 15 is 9.59 Å². The molecule has 602 valence electrons. The summed E-state index contributed by atoms with van der Waals surface area (Å²) in [6.45, 7) is 2.35. The van der Waals surface area contributed by atoms with Crippen LogP contribution in [-0.2, 0) is 92.8 Å². The van der Waals surface area contributed by atoms with Crippen molar-refractivity contribution in [2.45, 2.75) is 157 Å². The lowest BCUT2D eigenvalue weighted by Gasteiger charge is -2.30. The molecular weight excluding hydrogens is 1480 g/mol. The van der Waals surface area contributed by atoms with Crippen molar-refractivity contribution < 1.29 is 82.4 Å². The molecule has 0 radical (unpaired) electrons. The van der Waals surface area contributed by atoms with E-state index in [1.54, 1.807) is 105 Å². The van der Waals surface area contributed by atoms with Gasteiger partial charge in [0.1, 0.15) is 66.5 Å². The average Bonchev–Trinajstić information content (AvgIpc) is 1.23. The van der Waals surface area contributed by atoms with Gasteiger partial charge < -0.3 is 122 Å². The molecule has 28 N–H and O–H groups in total. The van der Waals surface area contributed by atoms with Gasteiger partial charge in [0.25, 0.3) is 0 Å². The highest BCUT2D eigenvalue weighted by atomic mass is 32.1. The van der Waals surface area contributed by atoms with E-state index in [9.17, 15) is 72.9 Å². The Morgan fingerprint density at radius 2 is 0.884 bits per heavy atom. The second-order valence-corrected chi connectivity index (χ2v) is 27.1. The van der Waals surface area contributed by atoms with Crippen LogP contribution in [0.3, 0.4) is 0 Å². The van der Waals surface area contributed by atoms with Gasteiger partial charge in [-0.15, -0.1) is 0 Å². The van der Waals surface area contributed by atoms with Crippen molar-refractivity contribution in [2.75, 3.05) is 25.5 Å². The zero-order valence-electron chi connectivity index (χ0n) is 61.5. The van der Waals surface area contributed by atoms with E-state index in [-0.39, 0.29) is 51.5 Å². The number of aliphatic carboxylic acids is 1. The van der Waals surface area contributed by atoms with Gasteiger partial charge in [-0.25, -0.2) is 9.78 Å². The Morgan fingerprint density at radius 3 is 1.33 bits per heavy atom. The number of hydrogen-bond acceptors (Lipinski definition) is 20. The van der Waals surface area contributed by atoms with Crippen LogP contribution in [0.25, 0.3) is 32.7 Å². The predicted octanol–water partition coefficient (Wildman–Crippen LogP) is -4.75. The number of benzene rings is 3. The number of amides is 13. The third-order valence-electron chi connectivity index (χ3n) is 18.5. The van der Waals surface area contributed by atoms with Gasteiger partial charge in [0.05, 0.1) is 37.7 Å². The van der Waals surface area contributed by atoms with Crippen LogP contribution in [0.4, 0.5) is 0 Å². The first-order valence-electron chi connectivity index (χ1n) is 35.8. The number of aliphatic hydroxyl groups is 2. The molecule has 40 heteroatoms. The molecule has 13 amide bonds. The first kappa shape index (κ1) is 86.8. The van der Waals surface area contributed by atoms with Gasteiger partial charge >= 0.3 is 5.97 Å². The van der Waals surface area contributed by atoms with Gasteiger partial charge in [0.15, 0.2) is 5.96 Å². The largest absolute Gasteiger partial charge is 0.480 e. The number of fused-ring (bicyclic) bond motifs is 3. The number of carbonyl (C=O) groups is 14. The smallest absolute Gasteiger partial charge is 0.327 e. The summed E-state index contributed by atoms with van der Waals surface area (Å²) in [7, 11) is 0. The number of hydrogen-bond donors (Lipinski definition) is 25. The van der Waals surface area contributed by atoms with E-state index in [1.165, 1.54) is 13.3 Å². The van der Waals surface area contributed by atoms with Gasteiger partial charge in [-0.05, 0) is 67.0 Å². The Kier molecular flexibility index (Phi) is 32.5. The number of nitrogens with one attached hydrogen (secondary N) is 17. The fourth-order valence-corrected chi connectivity index (χ4v) is 12.3. The maximum atomic E-state index is 15.3. The number of primary amides is 2. The molecule has 0 bridgehead atoms. The number of rotatable bonds is 45. The van der Waals surface area contributed by atoms with E-state index in [4.69, 9.17) is 28.3 Å². The number of imidazole rings is 1. The van der Waals surface area contributed by atoms with Crippen LogP contribution in [0.15, 0.2) is 104 Å². The molecule has 0 aliphatic rings. The Bertz CT molecular complexity index is 4510. The van der Waals surface area contributed by atoms with Crippen LogP contribution < -0.4 is 86.7 Å². The van der Waals surface area contributed by atoms with Crippen LogP contribution in [0.1, 0.15) is 81.7 Å². The first-order chi connectivity index (χ1) is 53.4. The van der Waals surface area contributed by atoms with Crippen molar-refractivity contribution in [2.24, 2.45) is 28.9 Å². The molecule has 0 unspecified atom stereocenters. The van der Waals surface area contributed by atoms with Crippen LogP contribution in [0.2, 0.25) is 0 Å². The fourth-order valence-electron chi connectivity index (χ4n) is 12.1. The Morgan fingerprint density at radius 1 is 0.482 bits per heavy atom. The molecule has 0 aliphatic heterocycles. The van der Waals surface area contributed by atoms with Crippen LogP contribution in [0, 0.1) is 11.3 Å². The molecule has 4 aromatic heterocycles. The second kappa shape index (κ2) is 41.9. The normalized spacial score (nSPS) is 14.7. The molecule has 0 aliphatic carbocycles. The van der Waals surface area contributed by atoms with Crippen molar-refractivity contribution in [1.29, 1.82) is 5.41 Å². The quantitative estimate of drug-likeness (QED) is 0.00738. The number of aromatic amines is 4. The maximum absolute atomic E-state index is 15.3. The van der Waals surface area contributed by atoms with E-state index in [1.807, 2.05) is 6.07 Å². The van der Waals surface area contributed by atoms with Gasteiger partial charge in [0, 0.05) is 102 Å². The van der Waals surface area contributed by atoms with Crippen molar-refractivity contribution in [3.8, 4) is 0 Å². The summed E-state index contributed by atoms with van der Waals surface area (Å²) in [4.78, 5) is 209. The molecule has 3 aromatic carbocycles. The fraction of sp³-hybridized carbons (Fsp3) is 0.417. The summed E-state index contributed by atoms with van der Waals surface area (Å²) in [6.07, 6.45) is 5.21. The highest BCUT2D eigenvalue weighted by molar-refractivity contribution is 7.80. The number of carboxylic acids is 1. The molecule has 7 rings (SSSR count). The Labute approximate surface area is 646 Å². The van der Waals surface area contributed by atoms with Crippen LogP contribution in [0.5, 0.6) is 0 Å². The number of nitrogens with two attached hydrogens (primary N) is 4. The summed E-state index contributed by atoms with van der Waals surface area (Å²) in [5.74, 6) is -16.6. The number of thiol groups is 1. The number of H-pyrrole nitrogens is 4. The highest BCUT2D eigenvalue weighted by Gasteiger charge is 2.38. The number of aromatic nitrogens is 5. The molecule has 112 heavy (non-hydrogen) atoms. The second-order valence-electron chi connectivity index (χ2n) is 26.8. The molecule has 7 aromatic rings. The van der Waals surface area contributed by atoms with Crippen molar-refractivity contribution >= 4 is 134 Å². The van der Waals surface area contributed by atoms with E-state index < -0.39 is 205 Å². The van der Waals surface area contributed by atoms with Crippen LogP contribution >= 0.6 is 12.6 Å². The minimum atomic E-state index is -1.97. The van der Waals surface area contributed by atoms with E-state index in [2.05, 4.69) is 101 Å². The maximum Gasteiger partial charge on any atom is 0.327 e. The summed E-state index contributed by atoms with van der Waals surface area (Å²) in [5.41, 5.74) is 26.6. The number of carbonyl (C=O) groups excluding carboxylic acids is 13. The zero-order chi connectivity index (χ0) is 81.9. The van der Waals surface area contributed by atoms with E-state index in [0.717, 1.165) is 10.9 Å². The van der Waals surface area contributed by atoms with Gasteiger partial charge in [-0.3, -0.25) is 67.7 Å². The number of guanidine groups is 1. The van der Waals surface area contributed by atoms with Gasteiger partial charge in [-0.2, -0.15) is 12.6 Å². The summed E-state index contributed by atoms with van der Waals surface area (Å²) >= 11 is 3.90. The SMILES string of the molecule is CC[C@H](C)[C@H](NC(=O)[C@H](Cc1c[nH]c2ccccc12)NC(=O)[C@H](Cc1c[nH]c2ccccc12)NC(=O)[C@H](C)NC(=O)[C@H](CO)NC(=O)[C@H](Cc1c[nH]c2ccccc12)NC(=O)[C@@H](N)Cc1c[nH]cn1)C(=O)N[C@@H](CCCNC(=N)N)C(=O)N[C@@H](CO)C(=O)N[C@@H](CC(N)=O)C(=O)N[C@@H](CCC(N)=O)C(=O)N[C@@H](CS)C(=O)O. The Balaban J connectivity index is 1.11. The number of para-hydroxylation sites is 3. The lowest BCUT2D eigenvalue weighted by Crippen LogP contribution is -2.62.